The van der Waals surface area contributed by atoms with Gasteiger partial charge in [-0.3, -0.25) is 15.0 Å². The Hall–Kier alpha value is -5.36. The number of rotatable bonds is 5. The van der Waals surface area contributed by atoms with Gasteiger partial charge in [-0.05, 0) is 61.5 Å². The van der Waals surface area contributed by atoms with Crippen molar-refractivity contribution in [2.75, 3.05) is 10.6 Å². The summed E-state index contributed by atoms with van der Waals surface area (Å²) in [6, 6.07) is 19.1. The van der Waals surface area contributed by atoms with Gasteiger partial charge in [0.25, 0.3) is 0 Å². The molecule has 0 saturated heterocycles. The zero-order valence-corrected chi connectivity index (χ0v) is 19.2. The number of hydrogen-bond donors (Lipinski definition) is 3. The summed E-state index contributed by atoms with van der Waals surface area (Å²) >= 11 is 0. The molecule has 0 aliphatic carbocycles. The summed E-state index contributed by atoms with van der Waals surface area (Å²) in [7, 11) is 0. The summed E-state index contributed by atoms with van der Waals surface area (Å²) in [6.45, 7) is 1.94. The van der Waals surface area contributed by atoms with Gasteiger partial charge in [-0.15, -0.1) is 0 Å². The lowest BCUT2D eigenvalue weighted by atomic mass is 10.1. The molecule has 0 aliphatic heterocycles. The molecule has 9 nitrogen and oxygen atoms in total. The fraction of sp³-hybridized carbons (Fsp3) is 0.0370. The van der Waals surface area contributed by atoms with Crippen molar-refractivity contribution in [3.05, 3.63) is 90.6 Å². The van der Waals surface area contributed by atoms with Gasteiger partial charge in [0, 0.05) is 46.6 Å². The van der Waals surface area contributed by atoms with Crippen LogP contribution in [0.1, 0.15) is 11.3 Å². The highest BCUT2D eigenvalue weighted by atomic mass is 15.1. The summed E-state index contributed by atoms with van der Waals surface area (Å²) in [5, 5.41) is 16.8. The number of anilines is 4. The maximum Gasteiger partial charge on any atom is 0.180 e. The first-order chi connectivity index (χ1) is 17.6. The number of pyridine rings is 4. The van der Waals surface area contributed by atoms with Gasteiger partial charge in [0.1, 0.15) is 11.6 Å². The van der Waals surface area contributed by atoms with Crippen LogP contribution in [0.25, 0.3) is 33.5 Å². The summed E-state index contributed by atoms with van der Waals surface area (Å²) in [6.07, 6.45) is 6.98. The predicted molar refractivity (Wildman–Crippen MR) is 139 cm³/mol. The van der Waals surface area contributed by atoms with Gasteiger partial charge in [0.2, 0.25) is 0 Å². The number of nitrogens with zero attached hydrogens (tertiary/aromatic N) is 6. The molecular weight excluding hydrogens is 450 g/mol. The largest absolute Gasteiger partial charge is 0.354 e. The Bertz CT molecular complexity index is 1780. The molecule has 6 aromatic rings. The summed E-state index contributed by atoms with van der Waals surface area (Å²) in [5.41, 5.74) is 7.08. The number of imidazole rings is 1. The van der Waals surface area contributed by atoms with Crippen LogP contribution in [0, 0.1) is 18.3 Å². The molecule has 36 heavy (non-hydrogen) atoms. The number of aryl methyl sites for hydroxylation is 1. The molecule has 0 atom stereocenters. The van der Waals surface area contributed by atoms with Crippen LogP contribution in [-0.4, -0.2) is 29.9 Å². The molecule has 0 aliphatic rings. The van der Waals surface area contributed by atoms with Gasteiger partial charge >= 0.3 is 0 Å². The highest BCUT2D eigenvalue weighted by Gasteiger charge is 2.10. The van der Waals surface area contributed by atoms with Gasteiger partial charge in [0.15, 0.2) is 5.65 Å². The molecule has 0 unspecified atom stereocenters. The van der Waals surface area contributed by atoms with Crippen molar-refractivity contribution in [2.45, 2.75) is 6.92 Å². The monoisotopic (exact) mass is 469 g/mol. The third kappa shape index (κ3) is 4.15. The lowest BCUT2D eigenvalue weighted by Gasteiger charge is -2.10. The summed E-state index contributed by atoms with van der Waals surface area (Å²) in [5.74, 6) is 1.36. The van der Waals surface area contributed by atoms with E-state index in [4.69, 9.17) is 4.98 Å². The molecule has 0 fully saturated rings. The highest BCUT2D eigenvalue weighted by molar-refractivity contribution is 5.93. The SMILES string of the molecule is Cc1cc(Nc2ccc3[nH]c(-c4cncc(Nc5ccnc6ccc(C#N)cc56)c4)nc3n2)ccn1. The second-order valence-corrected chi connectivity index (χ2v) is 8.25. The van der Waals surface area contributed by atoms with Crippen LogP contribution in [-0.2, 0) is 0 Å². The average Bonchev–Trinajstić information content (AvgIpc) is 3.32. The Balaban J connectivity index is 1.29. The maximum atomic E-state index is 9.28. The number of H-pyrrole nitrogens is 1. The second kappa shape index (κ2) is 8.77. The Morgan fingerprint density at radius 1 is 0.861 bits per heavy atom. The van der Waals surface area contributed by atoms with Gasteiger partial charge in [0.05, 0.1) is 34.6 Å². The van der Waals surface area contributed by atoms with E-state index in [1.807, 2.05) is 55.5 Å². The lowest BCUT2D eigenvalue weighted by Crippen LogP contribution is -1.95. The van der Waals surface area contributed by atoms with Gasteiger partial charge < -0.3 is 15.6 Å². The minimum absolute atomic E-state index is 0.577. The quantitative estimate of drug-likeness (QED) is 0.296. The molecule has 0 saturated carbocycles. The Morgan fingerprint density at radius 3 is 2.67 bits per heavy atom. The molecule has 0 spiro atoms. The van der Waals surface area contributed by atoms with Crippen LogP contribution < -0.4 is 10.6 Å². The number of aromatic nitrogens is 6. The number of nitrogens with one attached hydrogen (secondary N) is 3. The second-order valence-electron chi connectivity index (χ2n) is 8.25. The molecule has 0 radical (unpaired) electrons. The van der Waals surface area contributed by atoms with Crippen molar-refractivity contribution < 1.29 is 0 Å². The molecule has 0 bridgehead atoms. The smallest absolute Gasteiger partial charge is 0.180 e. The fourth-order valence-corrected chi connectivity index (χ4v) is 3.99. The summed E-state index contributed by atoms with van der Waals surface area (Å²) in [4.78, 5) is 25.7. The minimum atomic E-state index is 0.577. The van der Waals surface area contributed by atoms with Crippen LogP contribution in [0.2, 0.25) is 0 Å². The van der Waals surface area contributed by atoms with Crippen molar-refractivity contribution in [2.24, 2.45) is 0 Å². The third-order valence-electron chi connectivity index (χ3n) is 5.68. The highest BCUT2D eigenvalue weighted by Crippen LogP contribution is 2.28. The molecule has 6 rings (SSSR count). The molecular formula is C27H19N9. The van der Waals surface area contributed by atoms with Crippen LogP contribution in [0.3, 0.4) is 0 Å². The Labute approximate surface area is 205 Å². The Morgan fingerprint density at radius 2 is 1.78 bits per heavy atom. The minimum Gasteiger partial charge on any atom is -0.354 e. The normalized spacial score (nSPS) is 10.9. The van der Waals surface area contributed by atoms with Gasteiger partial charge in [-0.1, -0.05) is 0 Å². The van der Waals surface area contributed by atoms with E-state index in [2.05, 4.69) is 41.6 Å². The fourth-order valence-electron chi connectivity index (χ4n) is 3.99. The zero-order chi connectivity index (χ0) is 24.5. The van der Waals surface area contributed by atoms with Crippen LogP contribution >= 0.6 is 0 Å². The third-order valence-corrected chi connectivity index (χ3v) is 5.68. The van der Waals surface area contributed by atoms with Crippen molar-refractivity contribution in [1.29, 1.82) is 5.26 Å². The van der Waals surface area contributed by atoms with E-state index in [0.717, 1.165) is 44.7 Å². The molecule has 9 heteroatoms. The maximum absolute atomic E-state index is 9.28. The van der Waals surface area contributed by atoms with Crippen LogP contribution in [0.4, 0.5) is 22.9 Å². The van der Waals surface area contributed by atoms with Crippen molar-refractivity contribution >= 4 is 44.9 Å². The van der Waals surface area contributed by atoms with E-state index >= 15 is 0 Å². The van der Waals surface area contributed by atoms with E-state index in [1.54, 1.807) is 30.9 Å². The van der Waals surface area contributed by atoms with E-state index < -0.39 is 0 Å². The molecule has 3 N–H and O–H groups in total. The van der Waals surface area contributed by atoms with Crippen LogP contribution in [0.5, 0.6) is 0 Å². The van der Waals surface area contributed by atoms with E-state index in [1.165, 1.54) is 0 Å². The van der Waals surface area contributed by atoms with Crippen molar-refractivity contribution in [1.82, 2.24) is 29.9 Å². The van der Waals surface area contributed by atoms with E-state index in [9.17, 15) is 5.26 Å². The van der Waals surface area contributed by atoms with Gasteiger partial charge in [-0.2, -0.15) is 5.26 Å². The summed E-state index contributed by atoms with van der Waals surface area (Å²) < 4.78 is 0. The number of hydrogen-bond acceptors (Lipinski definition) is 8. The zero-order valence-electron chi connectivity index (χ0n) is 19.2. The number of benzene rings is 1. The first kappa shape index (κ1) is 21.2. The molecule has 0 amide bonds. The standard InChI is InChI=1S/C27H19N9/c1-16-10-19(6-8-30-16)33-25-5-4-24-27(35-25)36-26(34-24)18-12-20(15-29-14-18)32-23-7-9-31-22-3-2-17(13-28)11-21(22)23/h2-12,14-15H,1H3,(H,31,32)(H2,30,33,34,35,36). The lowest BCUT2D eigenvalue weighted by molar-refractivity contribution is 1.20. The first-order valence-corrected chi connectivity index (χ1v) is 11.2. The van der Waals surface area contributed by atoms with Crippen molar-refractivity contribution in [3.63, 3.8) is 0 Å². The molecule has 5 aromatic heterocycles. The molecule has 5 heterocycles. The molecule has 1 aromatic carbocycles. The van der Waals surface area contributed by atoms with E-state index in [0.29, 0.717) is 22.9 Å². The van der Waals surface area contributed by atoms with Crippen molar-refractivity contribution in [3.8, 4) is 17.5 Å². The van der Waals surface area contributed by atoms with Crippen LogP contribution in [0.15, 0.2) is 79.4 Å². The number of fused-ring (bicyclic) bond motifs is 2. The first-order valence-electron chi connectivity index (χ1n) is 11.2. The number of aromatic amines is 1. The average molecular weight is 470 g/mol. The Kier molecular flexibility index (Phi) is 5.16. The predicted octanol–water partition coefficient (Wildman–Crippen LogP) is 5.63. The van der Waals surface area contributed by atoms with E-state index in [-0.39, 0.29) is 0 Å². The number of nitriles is 1. The molecule has 172 valence electrons. The van der Waals surface area contributed by atoms with Gasteiger partial charge in [-0.25, -0.2) is 9.97 Å². The topological polar surface area (TPSA) is 128 Å².